The van der Waals surface area contributed by atoms with Crippen molar-refractivity contribution in [3.8, 4) is 11.3 Å². The summed E-state index contributed by atoms with van der Waals surface area (Å²) in [6.07, 6.45) is 3.42. The van der Waals surface area contributed by atoms with E-state index in [1.165, 1.54) is 7.11 Å². The van der Waals surface area contributed by atoms with Crippen LogP contribution in [0.1, 0.15) is 27.7 Å². The van der Waals surface area contributed by atoms with Gasteiger partial charge in [-0.05, 0) is 18.6 Å². The van der Waals surface area contributed by atoms with Crippen molar-refractivity contribution < 1.29 is 18.8 Å². The molecule has 1 amide bonds. The van der Waals surface area contributed by atoms with Crippen LogP contribution in [-0.4, -0.2) is 38.9 Å². The van der Waals surface area contributed by atoms with E-state index < -0.39 is 17.9 Å². The summed E-state index contributed by atoms with van der Waals surface area (Å²) in [7, 11) is 3.06. The standard InChI is InChI=1S/C21H19N5O4/c1-12-17-15(9-16(23-20(17)30-25-12)14-10-22-26(2)11-14)19(27)24-18(21(28)29-3)13-7-5-4-6-8-13/h4-11,18H,1-3H3,(H,24,27). The van der Waals surface area contributed by atoms with Gasteiger partial charge >= 0.3 is 5.97 Å². The summed E-state index contributed by atoms with van der Waals surface area (Å²) in [6.45, 7) is 1.73. The molecule has 0 bridgehead atoms. The molecule has 0 aliphatic carbocycles. The topological polar surface area (TPSA) is 112 Å². The molecule has 0 fully saturated rings. The lowest BCUT2D eigenvalue weighted by atomic mass is 10.0. The molecule has 1 atom stereocenters. The van der Waals surface area contributed by atoms with E-state index in [2.05, 4.69) is 20.6 Å². The smallest absolute Gasteiger partial charge is 0.333 e. The van der Waals surface area contributed by atoms with Crippen LogP contribution in [0.25, 0.3) is 22.4 Å². The monoisotopic (exact) mass is 405 g/mol. The molecule has 1 N–H and O–H groups in total. The molecule has 3 heterocycles. The van der Waals surface area contributed by atoms with E-state index in [0.717, 1.165) is 5.56 Å². The Hall–Kier alpha value is -4.01. The number of esters is 1. The molecule has 0 aliphatic rings. The minimum atomic E-state index is -0.964. The summed E-state index contributed by atoms with van der Waals surface area (Å²) >= 11 is 0. The fourth-order valence-corrected chi connectivity index (χ4v) is 3.23. The molecule has 4 rings (SSSR count). The molecule has 0 saturated heterocycles. The van der Waals surface area contributed by atoms with Crippen LogP contribution in [-0.2, 0) is 16.6 Å². The second-order valence-electron chi connectivity index (χ2n) is 6.75. The number of methoxy groups -OCH3 is 1. The van der Waals surface area contributed by atoms with Crippen LogP contribution in [0.15, 0.2) is 53.3 Å². The van der Waals surface area contributed by atoms with Gasteiger partial charge in [-0.25, -0.2) is 9.78 Å². The van der Waals surface area contributed by atoms with Crippen molar-refractivity contribution in [1.82, 2.24) is 25.2 Å². The number of nitrogens with one attached hydrogen (secondary N) is 1. The van der Waals surface area contributed by atoms with E-state index in [9.17, 15) is 9.59 Å². The van der Waals surface area contributed by atoms with Gasteiger partial charge in [-0.15, -0.1) is 0 Å². The van der Waals surface area contributed by atoms with Gasteiger partial charge in [-0.1, -0.05) is 35.5 Å². The van der Waals surface area contributed by atoms with Crippen LogP contribution in [0.3, 0.4) is 0 Å². The molecule has 1 aromatic carbocycles. The second-order valence-corrected chi connectivity index (χ2v) is 6.75. The number of carbonyl (C=O) groups excluding carboxylic acids is 2. The van der Waals surface area contributed by atoms with Crippen LogP contribution in [0.2, 0.25) is 0 Å². The highest BCUT2D eigenvalue weighted by atomic mass is 16.5. The van der Waals surface area contributed by atoms with Crippen LogP contribution < -0.4 is 5.32 Å². The lowest BCUT2D eigenvalue weighted by Gasteiger charge is -2.17. The molecule has 0 radical (unpaired) electrons. The van der Waals surface area contributed by atoms with Crippen molar-refractivity contribution in [2.45, 2.75) is 13.0 Å². The third kappa shape index (κ3) is 3.52. The highest BCUT2D eigenvalue weighted by molar-refractivity contribution is 6.08. The zero-order chi connectivity index (χ0) is 21.3. The predicted octanol–water partition coefficient (Wildman–Crippen LogP) is 2.58. The Labute approximate surface area is 171 Å². The second kappa shape index (κ2) is 7.78. The zero-order valence-corrected chi connectivity index (χ0v) is 16.6. The summed E-state index contributed by atoms with van der Waals surface area (Å²) in [5, 5.41) is 11.3. The van der Waals surface area contributed by atoms with Gasteiger partial charge in [0.1, 0.15) is 0 Å². The van der Waals surface area contributed by atoms with Crippen molar-refractivity contribution >= 4 is 23.0 Å². The van der Waals surface area contributed by atoms with Gasteiger partial charge in [-0.3, -0.25) is 9.48 Å². The first kappa shape index (κ1) is 19.3. The van der Waals surface area contributed by atoms with Crippen LogP contribution in [0.5, 0.6) is 0 Å². The summed E-state index contributed by atoms with van der Waals surface area (Å²) < 4.78 is 11.8. The molecule has 0 spiro atoms. The number of fused-ring (bicyclic) bond motifs is 1. The Morgan fingerprint density at radius 3 is 2.67 bits per heavy atom. The number of hydrogen-bond donors (Lipinski definition) is 1. The number of aryl methyl sites for hydroxylation is 2. The van der Waals surface area contributed by atoms with E-state index in [1.54, 1.807) is 61.4 Å². The van der Waals surface area contributed by atoms with Crippen molar-refractivity contribution in [3.05, 3.63) is 65.6 Å². The normalized spacial score (nSPS) is 12.0. The maximum Gasteiger partial charge on any atom is 0.333 e. The van der Waals surface area contributed by atoms with Gasteiger partial charge < -0.3 is 14.6 Å². The third-order valence-electron chi connectivity index (χ3n) is 4.71. The number of rotatable bonds is 5. The van der Waals surface area contributed by atoms with Crippen LogP contribution in [0, 0.1) is 6.92 Å². The summed E-state index contributed by atoms with van der Waals surface area (Å²) in [5.74, 6) is -1.05. The Bertz CT molecular complexity index is 1230. The lowest BCUT2D eigenvalue weighted by molar-refractivity contribution is -0.143. The van der Waals surface area contributed by atoms with Gasteiger partial charge in [0, 0.05) is 18.8 Å². The number of carbonyl (C=O) groups is 2. The SMILES string of the molecule is COC(=O)C(NC(=O)c1cc(-c2cnn(C)c2)nc2onc(C)c12)c1ccccc1. The number of aromatic nitrogens is 4. The van der Waals surface area contributed by atoms with E-state index in [-0.39, 0.29) is 5.71 Å². The molecule has 0 saturated carbocycles. The number of ether oxygens (including phenoxy) is 1. The molecule has 9 nitrogen and oxygen atoms in total. The average molecular weight is 405 g/mol. The predicted molar refractivity (Wildman–Crippen MR) is 107 cm³/mol. The molecular weight excluding hydrogens is 386 g/mol. The van der Waals surface area contributed by atoms with Crippen molar-refractivity contribution in [1.29, 1.82) is 0 Å². The van der Waals surface area contributed by atoms with E-state index >= 15 is 0 Å². The molecule has 3 aromatic heterocycles. The van der Waals surface area contributed by atoms with Crippen molar-refractivity contribution in [2.24, 2.45) is 7.05 Å². The Kier molecular flexibility index (Phi) is 5.01. The van der Waals surface area contributed by atoms with Gasteiger partial charge in [0.2, 0.25) is 0 Å². The van der Waals surface area contributed by atoms with Gasteiger partial charge in [0.05, 0.1) is 35.6 Å². The maximum atomic E-state index is 13.3. The van der Waals surface area contributed by atoms with Gasteiger partial charge in [0.15, 0.2) is 6.04 Å². The fraction of sp³-hybridized carbons (Fsp3) is 0.190. The lowest BCUT2D eigenvalue weighted by Crippen LogP contribution is -2.34. The van der Waals surface area contributed by atoms with Crippen molar-refractivity contribution in [3.63, 3.8) is 0 Å². The highest BCUT2D eigenvalue weighted by Crippen LogP contribution is 2.27. The van der Waals surface area contributed by atoms with E-state index in [4.69, 9.17) is 9.26 Å². The summed E-state index contributed by atoms with van der Waals surface area (Å²) in [5.41, 5.74) is 2.88. The van der Waals surface area contributed by atoms with Gasteiger partial charge in [-0.2, -0.15) is 5.10 Å². The average Bonchev–Trinajstić information content (AvgIpc) is 3.37. The molecule has 0 aliphatic heterocycles. The first-order chi connectivity index (χ1) is 14.5. The van der Waals surface area contributed by atoms with E-state index in [1.807, 2.05) is 6.07 Å². The fourth-order valence-electron chi connectivity index (χ4n) is 3.23. The first-order valence-corrected chi connectivity index (χ1v) is 9.17. The van der Waals surface area contributed by atoms with Gasteiger partial charge in [0.25, 0.3) is 11.6 Å². The molecule has 30 heavy (non-hydrogen) atoms. The highest BCUT2D eigenvalue weighted by Gasteiger charge is 2.27. The maximum absolute atomic E-state index is 13.3. The number of pyridine rings is 1. The summed E-state index contributed by atoms with van der Waals surface area (Å²) in [6, 6.07) is 9.56. The Balaban J connectivity index is 1.78. The molecule has 9 heteroatoms. The number of hydrogen-bond acceptors (Lipinski definition) is 7. The Morgan fingerprint density at radius 2 is 2.00 bits per heavy atom. The number of nitrogens with zero attached hydrogens (tertiary/aromatic N) is 4. The number of benzene rings is 1. The minimum absolute atomic E-state index is 0.230. The number of amides is 1. The quantitative estimate of drug-likeness (QED) is 0.508. The Morgan fingerprint density at radius 1 is 1.23 bits per heavy atom. The minimum Gasteiger partial charge on any atom is -0.467 e. The molecule has 4 aromatic rings. The van der Waals surface area contributed by atoms with Crippen molar-refractivity contribution in [2.75, 3.05) is 7.11 Å². The largest absolute Gasteiger partial charge is 0.467 e. The molecule has 152 valence electrons. The van der Waals surface area contributed by atoms with Crippen LogP contribution >= 0.6 is 0 Å². The van der Waals surface area contributed by atoms with Crippen LogP contribution in [0.4, 0.5) is 0 Å². The molecule has 1 unspecified atom stereocenters. The summed E-state index contributed by atoms with van der Waals surface area (Å²) in [4.78, 5) is 30.1. The zero-order valence-electron chi connectivity index (χ0n) is 16.6. The van der Waals surface area contributed by atoms with E-state index in [0.29, 0.717) is 27.9 Å². The third-order valence-corrected chi connectivity index (χ3v) is 4.71. The first-order valence-electron chi connectivity index (χ1n) is 9.17. The molecular formula is C21H19N5O4.